The summed E-state index contributed by atoms with van der Waals surface area (Å²) in [7, 11) is 1.71. The topological polar surface area (TPSA) is 39.1 Å². The van der Waals surface area contributed by atoms with E-state index in [1.54, 1.807) is 7.11 Å². The summed E-state index contributed by atoms with van der Waals surface area (Å²) in [5.41, 5.74) is 3.60. The molecule has 0 saturated heterocycles. The highest BCUT2D eigenvalue weighted by Crippen LogP contribution is 2.13. The lowest BCUT2D eigenvalue weighted by Gasteiger charge is -2.07. The molecule has 5 heteroatoms. The summed E-state index contributed by atoms with van der Waals surface area (Å²) in [4.78, 5) is 0. The second kappa shape index (κ2) is 7.43. The largest absolute Gasteiger partial charge is 0.383 e. The van der Waals surface area contributed by atoms with Gasteiger partial charge in [0.1, 0.15) is 0 Å². The van der Waals surface area contributed by atoms with Gasteiger partial charge in [-0.1, -0.05) is 23.7 Å². The van der Waals surface area contributed by atoms with Gasteiger partial charge in [-0.3, -0.25) is 4.68 Å². The summed E-state index contributed by atoms with van der Waals surface area (Å²) in [6.07, 6.45) is 1.92. The van der Waals surface area contributed by atoms with Crippen molar-refractivity contribution in [3.8, 4) is 0 Å². The fourth-order valence-corrected chi connectivity index (χ4v) is 2.10. The molecule has 0 fully saturated rings. The standard InChI is InChI=1S/C15H20ClN3O/c1-12-14(9-17-7-8-20-2)10-18-19(12)11-13-3-5-15(16)6-4-13/h3-6,10,17H,7-9,11H2,1-2H3. The molecule has 0 saturated carbocycles. The second-order valence-corrected chi connectivity index (χ2v) is 5.15. The average Bonchev–Trinajstić information content (AvgIpc) is 2.79. The summed E-state index contributed by atoms with van der Waals surface area (Å²) in [5.74, 6) is 0. The quantitative estimate of drug-likeness (QED) is 0.798. The SMILES string of the molecule is COCCNCc1cnn(Cc2ccc(Cl)cc2)c1C. The van der Waals surface area contributed by atoms with Crippen LogP contribution in [0, 0.1) is 6.92 Å². The molecule has 2 rings (SSSR count). The molecule has 0 amide bonds. The van der Waals surface area contributed by atoms with E-state index in [9.17, 15) is 0 Å². The van der Waals surface area contributed by atoms with Gasteiger partial charge in [0.25, 0.3) is 0 Å². The van der Waals surface area contributed by atoms with Gasteiger partial charge in [-0.15, -0.1) is 0 Å². The zero-order chi connectivity index (χ0) is 14.4. The van der Waals surface area contributed by atoms with E-state index in [1.807, 2.05) is 35.1 Å². The molecule has 0 aliphatic rings. The van der Waals surface area contributed by atoms with Crippen LogP contribution in [-0.2, 0) is 17.8 Å². The predicted octanol–water partition coefficient (Wildman–Crippen LogP) is 2.63. The van der Waals surface area contributed by atoms with E-state index in [-0.39, 0.29) is 0 Å². The van der Waals surface area contributed by atoms with Crippen molar-refractivity contribution in [3.05, 3.63) is 52.3 Å². The molecule has 0 unspecified atom stereocenters. The van der Waals surface area contributed by atoms with Crippen molar-refractivity contribution >= 4 is 11.6 Å². The molecule has 2 aromatic rings. The maximum absolute atomic E-state index is 5.89. The van der Waals surface area contributed by atoms with Crippen molar-refractivity contribution in [2.24, 2.45) is 0 Å². The van der Waals surface area contributed by atoms with Gasteiger partial charge in [-0.05, 0) is 24.6 Å². The van der Waals surface area contributed by atoms with Gasteiger partial charge in [0.05, 0.1) is 19.3 Å². The number of benzene rings is 1. The van der Waals surface area contributed by atoms with E-state index in [0.717, 1.165) is 31.3 Å². The summed E-state index contributed by atoms with van der Waals surface area (Å²) >= 11 is 5.89. The Hall–Kier alpha value is -1.36. The molecule has 20 heavy (non-hydrogen) atoms. The van der Waals surface area contributed by atoms with Crippen LogP contribution in [0.25, 0.3) is 0 Å². The Morgan fingerprint density at radius 1 is 1.30 bits per heavy atom. The molecule has 1 N–H and O–H groups in total. The average molecular weight is 294 g/mol. The molecule has 0 radical (unpaired) electrons. The minimum atomic E-state index is 0.720. The minimum Gasteiger partial charge on any atom is -0.383 e. The zero-order valence-corrected chi connectivity index (χ0v) is 12.7. The van der Waals surface area contributed by atoms with E-state index in [2.05, 4.69) is 17.3 Å². The summed E-state index contributed by atoms with van der Waals surface area (Å²) in [6, 6.07) is 7.87. The van der Waals surface area contributed by atoms with Gasteiger partial charge in [0.2, 0.25) is 0 Å². The lowest BCUT2D eigenvalue weighted by atomic mass is 10.2. The Kier molecular flexibility index (Phi) is 5.59. The summed E-state index contributed by atoms with van der Waals surface area (Å²) in [5, 5.41) is 8.54. The van der Waals surface area contributed by atoms with E-state index in [4.69, 9.17) is 16.3 Å². The van der Waals surface area contributed by atoms with E-state index < -0.39 is 0 Å². The third-order valence-corrected chi connectivity index (χ3v) is 3.50. The van der Waals surface area contributed by atoms with Crippen LogP contribution in [-0.4, -0.2) is 30.0 Å². The summed E-state index contributed by atoms with van der Waals surface area (Å²) < 4.78 is 7.02. The van der Waals surface area contributed by atoms with Crippen molar-refractivity contribution in [2.75, 3.05) is 20.3 Å². The molecule has 1 heterocycles. The fourth-order valence-electron chi connectivity index (χ4n) is 1.98. The van der Waals surface area contributed by atoms with Crippen LogP contribution in [0.3, 0.4) is 0 Å². The number of hydrogen-bond acceptors (Lipinski definition) is 3. The number of ether oxygens (including phenoxy) is 1. The number of nitrogens with zero attached hydrogens (tertiary/aromatic N) is 2. The van der Waals surface area contributed by atoms with Crippen LogP contribution in [0.15, 0.2) is 30.5 Å². The molecule has 1 aromatic carbocycles. The molecule has 4 nitrogen and oxygen atoms in total. The van der Waals surface area contributed by atoms with Crippen LogP contribution >= 0.6 is 11.6 Å². The third-order valence-electron chi connectivity index (χ3n) is 3.25. The molecular formula is C15H20ClN3O. The van der Waals surface area contributed by atoms with Crippen molar-refractivity contribution in [1.82, 2.24) is 15.1 Å². The van der Waals surface area contributed by atoms with Crippen LogP contribution in [0.5, 0.6) is 0 Å². The molecule has 108 valence electrons. The minimum absolute atomic E-state index is 0.720. The van der Waals surface area contributed by atoms with Gasteiger partial charge in [-0.2, -0.15) is 5.10 Å². The first-order valence-electron chi connectivity index (χ1n) is 6.66. The Morgan fingerprint density at radius 3 is 2.75 bits per heavy atom. The van der Waals surface area contributed by atoms with Crippen molar-refractivity contribution in [3.63, 3.8) is 0 Å². The van der Waals surface area contributed by atoms with Crippen molar-refractivity contribution in [1.29, 1.82) is 0 Å². The first-order valence-corrected chi connectivity index (χ1v) is 7.04. The molecule has 0 aliphatic carbocycles. The van der Waals surface area contributed by atoms with Crippen LogP contribution in [0.2, 0.25) is 5.02 Å². The zero-order valence-electron chi connectivity index (χ0n) is 11.9. The Morgan fingerprint density at radius 2 is 2.05 bits per heavy atom. The van der Waals surface area contributed by atoms with Crippen molar-refractivity contribution in [2.45, 2.75) is 20.0 Å². The lowest BCUT2D eigenvalue weighted by molar-refractivity contribution is 0.199. The molecule has 0 aliphatic heterocycles. The lowest BCUT2D eigenvalue weighted by Crippen LogP contribution is -2.18. The monoisotopic (exact) mass is 293 g/mol. The van der Waals surface area contributed by atoms with E-state index in [0.29, 0.717) is 0 Å². The second-order valence-electron chi connectivity index (χ2n) is 4.71. The van der Waals surface area contributed by atoms with Gasteiger partial charge in [0, 0.05) is 36.5 Å². The highest BCUT2D eigenvalue weighted by Gasteiger charge is 2.06. The Bertz CT molecular complexity index is 537. The van der Waals surface area contributed by atoms with Crippen LogP contribution < -0.4 is 5.32 Å². The molecule has 0 atom stereocenters. The van der Waals surface area contributed by atoms with Crippen LogP contribution in [0.1, 0.15) is 16.8 Å². The molecular weight excluding hydrogens is 274 g/mol. The highest BCUT2D eigenvalue weighted by molar-refractivity contribution is 6.30. The van der Waals surface area contributed by atoms with Gasteiger partial charge in [0.15, 0.2) is 0 Å². The van der Waals surface area contributed by atoms with Gasteiger partial charge < -0.3 is 10.1 Å². The summed E-state index contributed by atoms with van der Waals surface area (Å²) in [6.45, 7) is 5.24. The number of nitrogens with one attached hydrogen (secondary N) is 1. The Labute approximate surface area is 124 Å². The smallest absolute Gasteiger partial charge is 0.0662 e. The normalized spacial score (nSPS) is 10.9. The number of aromatic nitrogens is 2. The first kappa shape index (κ1) is 15.0. The number of hydrogen-bond donors (Lipinski definition) is 1. The molecule has 1 aromatic heterocycles. The molecule has 0 bridgehead atoms. The maximum atomic E-state index is 5.89. The third kappa shape index (κ3) is 4.07. The maximum Gasteiger partial charge on any atom is 0.0662 e. The van der Waals surface area contributed by atoms with Crippen LogP contribution in [0.4, 0.5) is 0 Å². The molecule has 0 spiro atoms. The number of halogens is 1. The number of methoxy groups -OCH3 is 1. The van der Waals surface area contributed by atoms with E-state index in [1.165, 1.54) is 16.8 Å². The first-order chi connectivity index (χ1) is 9.70. The highest BCUT2D eigenvalue weighted by atomic mass is 35.5. The van der Waals surface area contributed by atoms with E-state index >= 15 is 0 Å². The Balaban J connectivity index is 1.96. The van der Waals surface area contributed by atoms with Gasteiger partial charge >= 0.3 is 0 Å². The predicted molar refractivity (Wildman–Crippen MR) is 81.1 cm³/mol. The van der Waals surface area contributed by atoms with Crippen molar-refractivity contribution < 1.29 is 4.74 Å². The fraction of sp³-hybridized carbons (Fsp3) is 0.400. The number of rotatable bonds is 7. The van der Waals surface area contributed by atoms with Gasteiger partial charge in [-0.25, -0.2) is 0 Å².